The van der Waals surface area contributed by atoms with Crippen molar-refractivity contribution in [1.82, 2.24) is 0 Å². The number of allylic oxidation sites excluding steroid dienone is 2. The Balaban J connectivity index is 1.98. The molecular formula is C21H22O3S. The topological polar surface area (TPSA) is 43.4 Å². The Kier molecular flexibility index (Phi) is 5.49. The van der Waals surface area contributed by atoms with Gasteiger partial charge in [0.05, 0.1) is 6.61 Å². The van der Waals surface area contributed by atoms with Gasteiger partial charge in [0, 0.05) is 5.92 Å². The van der Waals surface area contributed by atoms with Crippen molar-refractivity contribution >= 4 is 28.7 Å². The van der Waals surface area contributed by atoms with Crippen LogP contribution in [0.2, 0.25) is 0 Å². The molecule has 1 aromatic heterocycles. The van der Waals surface area contributed by atoms with Crippen LogP contribution in [0.3, 0.4) is 0 Å². The van der Waals surface area contributed by atoms with E-state index in [0.717, 1.165) is 23.1 Å². The average molecular weight is 354 g/mol. The number of hydrogen-bond acceptors (Lipinski definition) is 4. The molecule has 1 heterocycles. The summed E-state index contributed by atoms with van der Waals surface area (Å²) < 4.78 is 5.19. The monoisotopic (exact) mass is 354 g/mol. The molecule has 0 spiro atoms. The summed E-state index contributed by atoms with van der Waals surface area (Å²) in [5.74, 6) is -1.51. The molecule has 1 aliphatic carbocycles. The van der Waals surface area contributed by atoms with Crippen LogP contribution >= 0.6 is 11.3 Å². The van der Waals surface area contributed by atoms with Crippen molar-refractivity contribution in [3.05, 3.63) is 63.9 Å². The molecular weight excluding hydrogens is 332 g/mol. The fourth-order valence-electron chi connectivity index (χ4n) is 3.35. The lowest BCUT2D eigenvalue weighted by molar-refractivity contribution is -0.151. The number of ketones is 1. The number of carbonyl (C=O) groups is 2. The van der Waals surface area contributed by atoms with Crippen molar-refractivity contribution < 1.29 is 14.3 Å². The molecule has 0 amide bonds. The second kappa shape index (κ2) is 7.79. The number of thiophene rings is 1. The van der Waals surface area contributed by atoms with Gasteiger partial charge in [-0.3, -0.25) is 9.59 Å². The van der Waals surface area contributed by atoms with Crippen LogP contribution in [0.15, 0.2) is 47.2 Å². The molecule has 4 heteroatoms. The number of rotatable bonds is 5. The quantitative estimate of drug-likeness (QED) is 0.581. The van der Waals surface area contributed by atoms with Gasteiger partial charge in [-0.15, -0.1) is 0 Å². The number of aryl methyl sites for hydroxylation is 1. The van der Waals surface area contributed by atoms with Crippen molar-refractivity contribution in [2.24, 2.45) is 5.92 Å². The van der Waals surface area contributed by atoms with Crippen LogP contribution in [-0.4, -0.2) is 18.4 Å². The zero-order valence-corrected chi connectivity index (χ0v) is 15.3. The molecule has 0 saturated heterocycles. The minimum absolute atomic E-state index is 0.157. The van der Waals surface area contributed by atoms with Crippen molar-refractivity contribution in [2.45, 2.75) is 32.6 Å². The Morgan fingerprint density at radius 2 is 1.96 bits per heavy atom. The van der Waals surface area contributed by atoms with Gasteiger partial charge in [-0.2, -0.15) is 11.3 Å². The lowest BCUT2D eigenvalue weighted by atomic mass is 9.74. The van der Waals surface area contributed by atoms with Gasteiger partial charge in [0.1, 0.15) is 5.92 Å². The summed E-state index contributed by atoms with van der Waals surface area (Å²) in [5.41, 5.74) is 4.32. The maximum atomic E-state index is 12.7. The van der Waals surface area contributed by atoms with Gasteiger partial charge in [0.15, 0.2) is 5.78 Å². The number of benzene rings is 1. The SMILES string of the molecule is CCOC(=O)[C@@H]1C(=O)C=C(c2ccsc2)C[C@H]1c1ccc(CC)cc1. The number of esters is 1. The highest BCUT2D eigenvalue weighted by molar-refractivity contribution is 7.08. The number of carbonyl (C=O) groups excluding carboxylic acids is 2. The van der Waals surface area contributed by atoms with Crippen molar-refractivity contribution in [1.29, 1.82) is 0 Å². The minimum Gasteiger partial charge on any atom is -0.465 e. The predicted molar refractivity (Wildman–Crippen MR) is 101 cm³/mol. The van der Waals surface area contributed by atoms with E-state index in [1.807, 2.05) is 29.0 Å². The Morgan fingerprint density at radius 3 is 2.56 bits per heavy atom. The summed E-state index contributed by atoms with van der Waals surface area (Å²) in [6.45, 7) is 4.16. The first kappa shape index (κ1) is 17.6. The van der Waals surface area contributed by atoms with Gasteiger partial charge in [0.2, 0.25) is 0 Å². The van der Waals surface area contributed by atoms with Crippen LogP contribution in [0.4, 0.5) is 0 Å². The maximum absolute atomic E-state index is 12.7. The van der Waals surface area contributed by atoms with Crippen LogP contribution in [-0.2, 0) is 20.7 Å². The Labute approximate surface area is 152 Å². The van der Waals surface area contributed by atoms with Crippen LogP contribution in [0.1, 0.15) is 42.9 Å². The Bertz CT molecular complexity index is 772. The molecule has 0 unspecified atom stereocenters. The fourth-order valence-corrected chi connectivity index (χ4v) is 4.03. The number of ether oxygens (including phenoxy) is 1. The fraction of sp³-hybridized carbons (Fsp3) is 0.333. The summed E-state index contributed by atoms with van der Waals surface area (Å²) in [5, 5.41) is 4.05. The molecule has 0 N–H and O–H groups in total. The maximum Gasteiger partial charge on any atom is 0.317 e. The third-order valence-electron chi connectivity index (χ3n) is 4.71. The molecule has 1 aliphatic rings. The van der Waals surface area contributed by atoms with Crippen molar-refractivity contribution in [3.63, 3.8) is 0 Å². The number of hydrogen-bond donors (Lipinski definition) is 0. The molecule has 2 atom stereocenters. The largest absolute Gasteiger partial charge is 0.465 e. The van der Waals surface area contributed by atoms with E-state index in [-0.39, 0.29) is 18.3 Å². The second-order valence-electron chi connectivity index (χ2n) is 6.22. The minimum atomic E-state index is -0.755. The highest BCUT2D eigenvalue weighted by Crippen LogP contribution is 2.40. The second-order valence-corrected chi connectivity index (χ2v) is 7.00. The Morgan fingerprint density at radius 1 is 1.20 bits per heavy atom. The van der Waals surface area contributed by atoms with Gasteiger partial charge in [0.25, 0.3) is 0 Å². The van der Waals surface area contributed by atoms with E-state index in [2.05, 4.69) is 19.1 Å². The first-order valence-electron chi connectivity index (χ1n) is 8.66. The molecule has 0 radical (unpaired) electrons. The van der Waals surface area contributed by atoms with E-state index in [0.29, 0.717) is 6.42 Å². The summed E-state index contributed by atoms with van der Waals surface area (Å²) in [7, 11) is 0. The smallest absolute Gasteiger partial charge is 0.317 e. The van der Waals surface area contributed by atoms with Crippen LogP contribution in [0.5, 0.6) is 0 Å². The van der Waals surface area contributed by atoms with Crippen LogP contribution < -0.4 is 0 Å². The van der Waals surface area contributed by atoms with E-state index in [1.54, 1.807) is 24.3 Å². The lowest BCUT2D eigenvalue weighted by Crippen LogP contribution is -2.34. The van der Waals surface area contributed by atoms with Crippen LogP contribution in [0, 0.1) is 5.92 Å². The summed E-state index contributed by atoms with van der Waals surface area (Å²) >= 11 is 1.61. The van der Waals surface area contributed by atoms with E-state index in [1.165, 1.54) is 5.56 Å². The molecule has 0 fully saturated rings. The normalized spacial score (nSPS) is 20.2. The first-order chi connectivity index (χ1) is 12.1. The molecule has 3 nitrogen and oxygen atoms in total. The standard InChI is InChI=1S/C21H22O3S/c1-3-14-5-7-15(8-6-14)18-11-17(16-9-10-25-13-16)12-19(22)20(18)21(23)24-4-2/h5-10,12-13,18,20H,3-4,11H2,1-2H3/t18-,20-/m0/s1. The molecule has 0 saturated carbocycles. The summed E-state index contributed by atoms with van der Waals surface area (Å²) in [4.78, 5) is 25.2. The molecule has 0 bridgehead atoms. The molecule has 1 aromatic carbocycles. The van der Waals surface area contributed by atoms with Gasteiger partial charge in [-0.25, -0.2) is 0 Å². The van der Waals surface area contributed by atoms with Gasteiger partial charge in [-0.1, -0.05) is 31.2 Å². The molecule has 0 aliphatic heterocycles. The van der Waals surface area contributed by atoms with Gasteiger partial charge in [-0.05, 0) is 64.9 Å². The molecule has 2 aromatic rings. The predicted octanol–water partition coefficient (Wildman–Crippen LogP) is 4.63. The summed E-state index contributed by atoms with van der Waals surface area (Å²) in [6, 6.07) is 10.3. The van der Waals surface area contributed by atoms with Crippen LogP contribution in [0.25, 0.3) is 5.57 Å². The molecule has 130 valence electrons. The highest BCUT2D eigenvalue weighted by atomic mass is 32.1. The molecule has 25 heavy (non-hydrogen) atoms. The first-order valence-corrected chi connectivity index (χ1v) is 9.60. The van der Waals surface area contributed by atoms with E-state index in [4.69, 9.17) is 4.74 Å². The highest BCUT2D eigenvalue weighted by Gasteiger charge is 2.39. The van der Waals surface area contributed by atoms with Gasteiger partial charge < -0.3 is 4.74 Å². The zero-order valence-electron chi connectivity index (χ0n) is 14.5. The Hall–Kier alpha value is -2.20. The lowest BCUT2D eigenvalue weighted by Gasteiger charge is -2.29. The van der Waals surface area contributed by atoms with Gasteiger partial charge >= 0.3 is 5.97 Å². The van der Waals surface area contributed by atoms with Crippen molar-refractivity contribution in [2.75, 3.05) is 6.61 Å². The third-order valence-corrected chi connectivity index (χ3v) is 5.40. The van der Waals surface area contributed by atoms with E-state index < -0.39 is 11.9 Å². The average Bonchev–Trinajstić information content (AvgIpc) is 3.16. The van der Waals surface area contributed by atoms with E-state index in [9.17, 15) is 9.59 Å². The zero-order chi connectivity index (χ0) is 17.8. The van der Waals surface area contributed by atoms with Crippen molar-refractivity contribution in [3.8, 4) is 0 Å². The third kappa shape index (κ3) is 3.74. The van der Waals surface area contributed by atoms with E-state index >= 15 is 0 Å². The molecule has 3 rings (SSSR count). The summed E-state index contributed by atoms with van der Waals surface area (Å²) in [6.07, 6.45) is 3.25.